The van der Waals surface area contributed by atoms with Crippen LogP contribution in [0.2, 0.25) is 6.32 Å². The van der Waals surface area contributed by atoms with Crippen LogP contribution in [0.4, 0.5) is 0 Å². The number of hydrogen-bond donors (Lipinski definition) is 4. The van der Waals surface area contributed by atoms with E-state index in [0.29, 0.717) is 19.2 Å². The number of carboxylic acids is 1. The van der Waals surface area contributed by atoms with Crippen LogP contribution >= 0.6 is 0 Å². The van der Waals surface area contributed by atoms with Gasteiger partial charge in [0.05, 0.1) is 5.92 Å². The molecule has 4 N–H and O–H groups in total. The first-order chi connectivity index (χ1) is 7.11. The number of rotatable bonds is 5. The van der Waals surface area contributed by atoms with Crippen molar-refractivity contribution in [3.8, 4) is 0 Å². The molecule has 0 amide bonds. The minimum absolute atomic E-state index is 0.120. The molecule has 0 saturated carbocycles. The van der Waals surface area contributed by atoms with E-state index in [1.165, 1.54) is 0 Å². The summed E-state index contributed by atoms with van der Waals surface area (Å²) in [5.41, 5.74) is 0. The predicted molar refractivity (Wildman–Crippen MR) is 56.3 cm³/mol. The van der Waals surface area contributed by atoms with Crippen LogP contribution in [0.1, 0.15) is 19.3 Å². The number of aliphatic carboxylic acids is 1. The maximum atomic E-state index is 10.9. The lowest BCUT2D eigenvalue weighted by Crippen LogP contribution is -2.40. The molecule has 0 aliphatic carbocycles. The highest BCUT2D eigenvalue weighted by Crippen LogP contribution is 2.24. The topological polar surface area (TPSA) is 89.8 Å². The fraction of sp³-hybridized carbons (Fsp3) is 0.889. The second-order valence-corrected chi connectivity index (χ2v) is 4.11. The van der Waals surface area contributed by atoms with Crippen molar-refractivity contribution in [2.75, 3.05) is 13.1 Å². The molecule has 86 valence electrons. The van der Waals surface area contributed by atoms with Crippen LogP contribution in [0.15, 0.2) is 0 Å². The van der Waals surface area contributed by atoms with E-state index in [0.717, 1.165) is 19.5 Å². The van der Waals surface area contributed by atoms with E-state index in [-0.39, 0.29) is 11.8 Å². The number of piperidine rings is 1. The number of hydrogen-bond acceptors (Lipinski definition) is 4. The fourth-order valence-corrected chi connectivity index (χ4v) is 2.11. The summed E-state index contributed by atoms with van der Waals surface area (Å²) in [7, 11) is -1.27. The van der Waals surface area contributed by atoms with Gasteiger partial charge < -0.3 is 20.5 Å². The zero-order valence-corrected chi connectivity index (χ0v) is 8.72. The van der Waals surface area contributed by atoms with Gasteiger partial charge in [-0.3, -0.25) is 4.79 Å². The molecule has 1 saturated heterocycles. The van der Waals surface area contributed by atoms with E-state index in [9.17, 15) is 4.79 Å². The van der Waals surface area contributed by atoms with Gasteiger partial charge in [0.25, 0.3) is 0 Å². The molecule has 0 unspecified atom stereocenters. The predicted octanol–water partition coefficient (Wildman–Crippen LogP) is -0.450. The Bertz CT molecular complexity index is 212. The Hall–Kier alpha value is -0.585. The molecule has 5 nitrogen and oxygen atoms in total. The van der Waals surface area contributed by atoms with Crippen molar-refractivity contribution >= 4 is 13.1 Å². The van der Waals surface area contributed by atoms with Crippen LogP contribution in [0.25, 0.3) is 0 Å². The van der Waals surface area contributed by atoms with Crippen molar-refractivity contribution in [1.29, 1.82) is 0 Å². The third-order valence-corrected chi connectivity index (χ3v) is 2.96. The Balaban J connectivity index is 2.33. The van der Waals surface area contributed by atoms with E-state index >= 15 is 0 Å². The molecule has 1 aliphatic heterocycles. The van der Waals surface area contributed by atoms with Crippen molar-refractivity contribution in [1.82, 2.24) is 5.32 Å². The van der Waals surface area contributed by atoms with Gasteiger partial charge in [0, 0.05) is 0 Å². The van der Waals surface area contributed by atoms with Crippen molar-refractivity contribution in [2.45, 2.75) is 25.6 Å². The van der Waals surface area contributed by atoms with Crippen LogP contribution < -0.4 is 5.32 Å². The molecule has 1 fully saturated rings. The van der Waals surface area contributed by atoms with Gasteiger partial charge in [0.1, 0.15) is 0 Å². The van der Waals surface area contributed by atoms with Crippen LogP contribution in [0, 0.1) is 11.8 Å². The summed E-state index contributed by atoms with van der Waals surface area (Å²) in [6.07, 6.45) is 2.39. The monoisotopic (exact) mass is 215 g/mol. The number of carboxylic acid groups (broad SMARTS) is 1. The SMILES string of the molecule is O=C(O)[C@@H]1CCNC[C@H]1CCCB(O)O. The summed E-state index contributed by atoms with van der Waals surface area (Å²) in [6.45, 7) is 1.48. The van der Waals surface area contributed by atoms with Crippen LogP contribution in [-0.4, -0.2) is 41.3 Å². The van der Waals surface area contributed by atoms with Gasteiger partial charge in [-0.1, -0.05) is 6.42 Å². The first-order valence-corrected chi connectivity index (χ1v) is 5.41. The number of nitrogens with one attached hydrogen (secondary N) is 1. The summed E-state index contributed by atoms with van der Waals surface area (Å²) in [4.78, 5) is 10.9. The molecule has 1 heterocycles. The van der Waals surface area contributed by atoms with Crippen molar-refractivity contribution < 1.29 is 19.9 Å². The van der Waals surface area contributed by atoms with Gasteiger partial charge in [0.15, 0.2) is 0 Å². The molecule has 0 aromatic carbocycles. The lowest BCUT2D eigenvalue weighted by Gasteiger charge is -2.29. The van der Waals surface area contributed by atoms with Gasteiger partial charge in [-0.25, -0.2) is 0 Å². The van der Waals surface area contributed by atoms with Crippen molar-refractivity contribution in [3.63, 3.8) is 0 Å². The van der Waals surface area contributed by atoms with Crippen LogP contribution in [0.5, 0.6) is 0 Å². The molecule has 0 bridgehead atoms. The third-order valence-electron chi connectivity index (χ3n) is 2.96. The maximum Gasteiger partial charge on any atom is 0.451 e. The summed E-state index contributed by atoms with van der Waals surface area (Å²) in [6, 6.07) is 0. The Morgan fingerprint density at radius 2 is 2.20 bits per heavy atom. The Morgan fingerprint density at radius 3 is 2.80 bits per heavy atom. The average Bonchev–Trinajstić information content (AvgIpc) is 2.17. The highest BCUT2D eigenvalue weighted by molar-refractivity contribution is 6.40. The van der Waals surface area contributed by atoms with Crippen molar-refractivity contribution in [2.24, 2.45) is 11.8 Å². The summed E-state index contributed by atoms with van der Waals surface area (Å²) in [5.74, 6) is -0.886. The zero-order chi connectivity index (χ0) is 11.3. The minimum atomic E-state index is -1.27. The van der Waals surface area contributed by atoms with E-state index in [1.807, 2.05) is 0 Å². The first kappa shape index (κ1) is 12.5. The normalized spacial score (nSPS) is 26.3. The average molecular weight is 215 g/mol. The molecule has 0 aromatic heterocycles. The van der Waals surface area contributed by atoms with Gasteiger partial charge >= 0.3 is 13.1 Å². The quantitative estimate of drug-likeness (QED) is 0.466. The summed E-state index contributed by atoms with van der Waals surface area (Å²) in [5, 5.41) is 29.5. The summed E-state index contributed by atoms with van der Waals surface area (Å²) < 4.78 is 0. The molecule has 0 aromatic rings. The number of carbonyl (C=O) groups is 1. The smallest absolute Gasteiger partial charge is 0.451 e. The molecule has 1 aliphatic rings. The molecule has 1 rings (SSSR count). The molecule has 0 spiro atoms. The highest BCUT2D eigenvalue weighted by Gasteiger charge is 2.30. The lowest BCUT2D eigenvalue weighted by molar-refractivity contribution is -0.144. The van der Waals surface area contributed by atoms with E-state index in [1.54, 1.807) is 0 Å². The molecular formula is C9H18BNO4. The standard InChI is InChI=1S/C9H18BNO4/c12-9(13)8-3-5-11-6-7(8)2-1-4-10(14)15/h7-8,11,14-15H,1-6H2,(H,12,13)/t7-,8-/m1/s1. The van der Waals surface area contributed by atoms with E-state index in [4.69, 9.17) is 15.2 Å². The molecule has 6 heteroatoms. The zero-order valence-electron chi connectivity index (χ0n) is 8.72. The van der Waals surface area contributed by atoms with Gasteiger partial charge in [-0.2, -0.15) is 0 Å². The van der Waals surface area contributed by atoms with E-state index < -0.39 is 13.1 Å². The minimum Gasteiger partial charge on any atom is -0.481 e. The molecule has 0 radical (unpaired) electrons. The third kappa shape index (κ3) is 4.19. The first-order valence-electron chi connectivity index (χ1n) is 5.41. The van der Waals surface area contributed by atoms with Crippen molar-refractivity contribution in [3.05, 3.63) is 0 Å². The fourth-order valence-electron chi connectivity index (χ4n) is 2.11. The maximum absolute atomic E-state index is 10.9. The molecular weight excluding hydrogens is 197 g/mol. The molecule has 15 heavy (non-hydrogen) atoms. The van der Waals surface area contributed by atoms with Crippen LogP contribution in [-0.2, 0) is 4.79 Å². The highest BCUT2D eigenvalue weighted by atomic mass is 16.4. The second-order valence-electron chi connectivity index (χ2n) is 4.11. The molecule has 2 atom stereocenters. The lowest BCUT2D eigenvalue weighted by atomic mass is 9.78. The van der Waals surface area contributed by atoms with Crippen LogP contribution in [0.3, 0.4) is 0 Å². The van der Waals surface area contributed by atoms with Gasteiger partial charge in [-0.05, 0) is 38.2 Å². The van der Waals surface area contributed by atoms with Gasteiger partial charge in [0.2, 0.25) is 0 Å². The van der Waals surface area contributed by atoms with Gasteiger partial charge in [-0.15, -0.1) is 0 Å². The Morgan fingerprint density at radius 1 is 1.47 bits per heavy atom. The summed E-state index contributed by atoms with van der Waals surface area (Å²) >= 11 is 0. The Labute approximate surface area is 89.6 Å². The Kier molecular flexibility index (Phi) is 5.07. The largest absolute Gasteiger partial charge is 0.481 e. The second kappa shape index (κ2) is 6.10. The van der Waals surface area contributed by atoms with E-state index in [2.05, 4.69) is 5.32 Å².